The first kappa shape index (κ1) is 19.3. The zero-order chi connectivity index (χ0) is 19.4. The quantitative estimate of drug-likeness (QED) is 0.602. The summed E-state index contributed by atoms with van der Waals surface area (Å²) in [5.74, 6) is -0.133. The summed E-state index contributed by atoms with van der Waals surface area (Å²) < 4.78 is 1.75. The number of nitrogens with one attached hydrogen (secondary N) is 2. The second-order valence-corrected chi connectivity index (χ2v) is 7.09. The van der Waals surface area contributed by atoms with Crippen molar-refractivity contribution in [2.75, 3.05) is 0 Å². The van der Waals surface area contributed by atoms with Crippen LogP contribution < -0.4 is 10.9 Å². The Hall–Kier alpha value is -2.44. The summed E-state index contributed by atoms with van der Waals surface area (Å²) in [5, 5.41) is 4.22. The molecule has 5 nitrogen and oxygen atoms in total. The van der Waals surface area contributed by atoms with Gasteiger partial charge in [0.1, 0.15) is 0 Å². The van der Waals surface area contributed by atoms with Gasteiger partial charge >= 0.3 is 0 Å². The van der Waals surface area contributed by atoms with Crippen LogP contribution in [0.25, 0.3) is 10.9 Å². The largest absolute Gasteiger partial charge is 0.349 e. The Morgan fingerprint density at radius 1 is 1.22 bits per heavy atom. The van der Waals surface area contributed by atoms with Crippen molar-refractivity contribution in [1.82, 2.24) is 14.9 Å². The van der Waals surface area contributed by atoms with Crippen LogP contribution in [-0.4, -0.2) is 15.5 Å². The molecule has 0 radical (unpaired) electrons. The molecule has 3 rings (SSSR count). The lowest BCUT2D eigenvalue weighted by Crippen LogP contribution is -2.31. The Balaban J connectivity index is 1.72. The molecule has 2 N–H and O–H groups in total. The van der Waals surface area contributed by atoms with Crippen LogP contribution in [-0.2, 0) is 11.3 Å². The minimum atomic E-state index is -0.188. The summed E-state index contributed by atoms with van der Waals surface area (Å²) in [4.78, 5) is 28.1. The van der Waals surface area contributed by atoms with Crippen molar-refractivity contribution in [3.63, 3.8) is 0 Å². The van der Waals surface area contributed by atoms with Crippen molar-refractivity contribution in [2.45, 2.75) is 32.4 Å². The van der Waals surface area contributed by atoms with E-state index < -0.39 is 0 Å². The van der Waals surface area contributed by atoms with Crippen molar-refractivity contribution in [3.05, 3.63) is 74.2 Å². The highest BCUT2D eigenvalue weighted by Gasteiger charge is 2.13. The van der Waals surface area contributed by atoms with Gasteiger partial charge in [-0.2, -0.15) is 0 Å². The molecule has 1 aromatic heterocycles. The van der Waals surface area contributed by atoms with Crippen LogP contribution in [0.1, 0.15) is 31.4 Å². The fraction of sp³-hybridized carbons (Fsp3) is 0.250. The number of carbonyl (C=O) groups is 1. The molecule has 7 heteroatoms. The number of halogens is 1. The molecular weight excluding hydrogens is 382 g/mol. The number of aromatic nitrogens is 2. The van der Waals surface area contributed by atoms with Crippen molar-refractivity contribution >= 4 is 40.6 Å². The van der Waals surface area contributed by atoms with Gasteiger partial charge in [0, 0.05) is 18.0 Å². The van der Waals surface area contributed by atoms with E-state index in [0.29, 0.717) is 20.7 Å². The molecule has 27 heavy (non-hydrogen) atoms. The number of fused-ring (bicyclic) bond motifs is 1. The molecule has 1 heterocycles. The minimum Gasteiger partial charge on any atom is -0.349 e. The van der Waals surface area contributed by atoms with E-state index in [1.54, 1.807) is 24.3 Å². The molecule has 0 saturated heterocycles. The number of H-pyrrole nitrogens is 1. The lowest BCUT2D eigenvalue weighted by Gasteiger charge is -2.18. The Kier molecular flexibility index (Phi) is 6.08. The number of nitrogens with zero attached hydrogens (tertiary/aromatic N) is 1. The van der Waals surface area contributed by atoms with Gasteiger partial charge in [0.05, 0.1) is 16.9 Å². The van der Waals surface area contributed by atoms with Gasteiger partial charge in [-0.25, -0.2) is 0 Å². The Morgan fingerprint density at radius 3 is 2.63 bits per heavy atom. The van der Waals surface area contributed by atoms with E-state index in [1.807, 2.05) is 31.2 Å². The first-order chi connectivity index (χ1) is 13.0. The van der Waals surface area contributed by atoms with Crippen LogP contribution in [0.15, 0.2) is 53.3 Å². The fourth-order valence-electron chi connectivity index (χ4n) is 3.00. The second kappa shape index (κ2) is 8.50. The number of rotatable bonds is 6. The van der Waals surface area contributed by atoms with Crippen molar-refractivity contribution in [3.8, 4) is 0 Å². The highest BCUT2D eigenvalue weighted by atomic mass is 35.5. The number of hydrogen-bond donors (Lipinski definition) is 2. The predicted octanol–water partition coefficient (Wildman–Crippen LogP) is 4.37. The topological polar surface area (TPSA) is 66.9 Å². The second-order valence-electron chi connectivity index (χ2n) is 6.26. The van der Waals surface area contributed by atoms with Crippen LogP contribution in [0, 0.1) is 4.77 Å². The number of amides is 1. The Labute approximate surface area is 167 Å². The molecule has 0 saturated carbocycles. The molecular formula is C20H20ClN3O2S. The van der Waals surface area contributed by atoms with Crippen LogP contribution in [0.2, 0.25) is 5.02 Å². The van der Waals surface area contributed by atoms with Crippen molar-refractivity contribution in [1.29, 1.82) is 0 Å². The zero-order valence-electron chi connectivity index (χ0n) is 14.9. The Morgan fingerprint density at radius 2 is 1.93 bits per heavy atom. The van der Waals surface area contributed by atoms with E-state index in [4.69, 9.17) is 23.8 Å². The van der Waals surface area contributed by atoms with Crippen LogP contribution >= 0.6 is 23.8 Å². The van der Waals surface area contributed by atoms with Gasteiger partial charge in [-0.15, -0.1) is 0 Å². The van der Waals surface area contributed by atoms with E-state index in [2.05, 4.69) is 10.3 Å². The number of benzene rings is 2. The van der Waals surface area contributed by atoms with Crippen LogP contribution in [0.5, 0.6) is 0 Å². The highest BCUT2D eigenvalue weighted by Crippen LogP contribution is 2.19. The summed E-state index contributed by atoms with van der Waals surface area (Å²) in [6.07, 6.45) is 0.920. The lowest BCUT2D eigenvalue weighted by molar-refractivity contribution is -0.122. The normalized spacial score (nSPS) is 12.1. The summed E-state index contributed by atoms with van der Waals surface area (Å²) in [7, 11) is 0. The lowest BCUT2D eigenvalue weighted by atomic mass is 10.0. The van der Waals surface area contributed by atoms with Gasteiger partial charge in [0.25, 0.3) is 5.56 Å². The standard InChI is InChI=1S/C20H20ClN3O2S/c1-2-16(13-7-9-14(21)10-8-13)22-18(25)11-12-24-19(26)15-5-3-4-6-17(15)23-20(24)27/h3-10,16H,2,11-12H2,1H3,(H,22,25)(H,23,27). The smallest absolute Gasteiger partial charge is 0.262 e. The summed E-state index contributed by atoms with van der Waals surface area (Å²) in [6.45, 7) is 2.23. The molecule has 2 aromatic carbocycles. The first-order valence-electron chi connectivity index (χ1n) is 8.76. The minimum absolute atomic E-state index is 0.0994. The maximum atomic E-state index is 12.6. The third-order valence-electron chi connectivity index (χ3n) is 4.47. The van der Waals surface area contributed by atoms with Gasteiger partial charge in [-0.05, 0) is 48.5 Å². The average molecular weight is 402 g/mol. The van der Waals surface area contributed by atoms with Crippen LogP contribution in [0.4, 0.5) is 0 Å². The maximum Gasteiger partial charge on any atom is 0.262 e. The molecule has 140 valence electrons. The monoisotopic (exact) mass is 401 g/mol. The SMILES string of the molecule is CCC(NC(=O)CCn1c(=S)[nH]c2ccccc2c1=O)c1ccc(Cl)cc1. The molecule has 1 unspecified atom stereocenters. The molecule has 1 amide bonds. The maximum absolute atomic E-state index is 12.6. The molecule has 0 spiro atoms. The third kappa shape index (κ3) is 4.46. The van der Waals surface area contributed by atoms with Gasteiger partial charge < -0.3 is 10.3 Å². The summed E-state index contributed by atoms with van der Waals surface area (Å²) in [5.41, 5.74) is 1.50. The van der Waals surface area contributed by atoms with Crippen molar-refractivity contribution in [2.24, 2.45) is 0 Å². The molecule has 0 aliphatic heterocycles. The van der Waals surface area contributed by atoms with E-state index in [-0.39, 0.29) is 30.5 Å². The van der Waals surface area contributed by atoms with E-state index >= 15 is 0 Å². The number of carbonyl (C=O) groups excluding carboxylic acids is 1. The molecule has 3 aromatic rings. The van der Waals surface area contributed by atoms with Gasteiger partial charge in [-0.3, -0.25) is 14.2 Å². The number of aromatic amines is 1. The third-order valence-corrected chi connectivity index (χ3v) is 5.04. The van der Waals surface area contributed by atoms with Gasteiger partial charge in [-0.1, -0.05) is 42.8 Å². The average Bonchev–Trinajstić information content (AvgIpc) is 2.66. The predicted molar refractivity (Wildman–Crippen MR) is 111 cm³/mol. The van der Waals surface area contributed by atoms with Crippen LogP contribution in [0.3, 0.4) is 0 Å². The fourth-order valence-corrected chi connectivity index (χ4v) is 3.41. The molecule has 0 bridgehead atoms. The Bertz CT molecular complexity index is 1070. The molecule has 0 aliphatic rings. The van der Waals surface area contributed by atoms with Gasteiger partial charge in [0.2, 0.25) is 5.91 Å². The highest BCUT2D eigenvalue weighted by molar-refractivity contribution is 7.71. The number of hydrogen-bond acceptors (Lipinski definition) is 3. The zero-order valence-corrected chi connectivity index (χ0v) is 16.4. The molecule has 0 fully saturated rings. The molecule has 0 aliphatic carbocycles. The van der Waals surface area contributed by atoms with E-state index in [9.17, 15) is 9.59 Å². The van der Waals surface area contributed by atoms with Crippen molar-refractivity contribution < 1.29 is 4.79 Å². The summed E-state index contributed by atoms with van der Waals surface area (Å²) >= 11 is 11.2. The summed E-state index contributed by atoms with van der Waals surface area (Å²) in [6, 6.07) is 14.5. The van der Waals surface area contributed by atoms with E-state index in [0.717, 1.165) is 12.0 Å². The van der Waals surface area contributed by atoms with Gasteiger partial charge in [0.15, 0.2) is 4.77 Å². The number of para-hydroxylation sites is 1. The van der Waals surface area contributed by atoms with E-state index in [1.165, 1.54) is 4.57 Å². The first-order valence-corrected chi connectivity index (χ1v) is 9.55. The molecule has 1 atom stereocenters.